The zero-order chi connectivity index (χ0) is 17.6. The van der Waals surface area contributed by atoms with Gasteiger partial charge in [0.2, 0.25) is 5.91 Å². The average molecular weight is 344 g/mol. The van der Waals surface area contributed by atoms with Crippen molar-refractivity contribution >= 4 is 22.9 Å². The van der Waals surface area contributed by atoms with Crippen LogP contribution in [0.4, 0.5) is 0 Å². The molecular formula is C18H24N4O3. The summed E-state index contributed by atoms with van der Waals surface area (Å²) in [4.78, 5) is 31.3. The molecule has 0 aliphatic carbocycles. The van der Waals surface area contributed by atoms with Gasteiger partial charge in [-0.25, -0.2) is 9.78 Å². The normalized spacial score (nSPS) is 16.6. The fourth-order valence-electron chi connectivity index (χ4n) is 3.26. The molecule has 7 nitrogen and oxygen atoms in total. The van der Waals surface area contributed by atoms with Gasteiger partial charge >= 0.3 is 5.97 Å². The van der Waals surface area contributed by atoms with Crippen LogP contribution in [0.5, 0.6) is 0 Å². The third kappa shape index (κ3) is 4.79. The molecule has 3 rings (SSSR count). The number of hydrogen-bond acceptors (Lipinski definition) is 4. The molecule has 1 amide bonds. The van der Waals surface area contributed by atoms with Crippen LogP contribution in [0, 0.1) is 5.92 Å². The van der Waals surface area contributed by atoms with Crippen molar-refractivity contribution in [3.63, 3.8) is 0 Å². The van der Waals surface area contributed by atoms with Crippen LogP contribution in [0.25, 0.3) is 11.0 Å². The number of nitrogens with one attached hydrogen (secondary N) is 3. The van der Waals surface area contributed by atoms with Gasteiger partial charge in [-0.05, 0) is 50.4 Å². The Hall–Kier alpha value is -2.41. The lowest BCUT2D eigenvalue weighted by Gasteiger charge is -2.23. The van der Waals surface area contributed by atoms with E-state index in [0.29, 0.717) is 25.2 Å². The lowest BCUT2D eigenvalue weighted by Crippen LogP contribution is -2.42. The average Bonchev–Trinajstić information content (AvgIpc) is 3.02. The van der Waals surface area contributed by atoms with E-state index >= 15 is 0 Å². The smallest absolute Gasteiger partial charge is 0.326 e. The van der Waals surface area contributed by atoms with E-state index < -0.39 is 12.0 Å². The van der Waals surface area contributed by atoms with Crippen molar-refractivity contribution in [2.24, 2.45) is 5.92 Å². The van der Waals surface area contributed by atoms with Crippen molar-refractivity contribution in [1.29, 1.82) is 0 Å². The Morgan fingerprint density at radius 3 is 2.76 bits per heavy atom. The molecule has 1 unspecified atom stereocenters. The van der Waals surface area contributed by atoms with Crippen molar-refractivity contribution in [3.05, 3.63) is 30.1 Å². The summed E-state index contributed by atoms with van der Waals surface area (Å²) < 4.78 is 0. The van der Waals surface area contributed by atoms with Crippen molar-refractivity contribution in [1.82, 2.24) is 20.6 Å². The Labute approximate surface area is 146 Å². The molecule has 1 aromatic carbocycles. The summed E-state index contributed by atoms with van der Waals surface area (Å²) in [6.45, 7) is 1.85. The highest BCUT2D eigenvalue weighted by molar-refractivity contribution is 5.83. The number of aliphatic carboxylic acids is 1. The van der Waals surface area contributed by atoms with Crippen LogP contribution < -0.4 is 10.6 Å². The van der Waals surface area contributed by atoms with Gasteiger partial charge in [0.15, 0.2) is 0 Å². The molecule has 134 valence electrons. The number of benzene rings is 1. The van der Waals surface area contributed by atoms with Crippen LogP contribution in [0.3, 0.4) is 0 Å². The minimum atomic E-state index is -1.00. The molecule has 25 heavy (non-hydrogen) atoms. The van der Waals surface area contributed by atoms with Gasteiger partial charge in [0.1, 0.15) is 11.9 Å². The molecule has 0 saturated carbocycles. The Morgan fingerprint density at radius 2 is 2.04 bits per heavy atom. The summed E-state index contributed by atoms with van der Waals surface area (Å²) in [6.07, 6.45) is 3.11. The first-order chi connectivity index (χ1) is 12.1. The number of aryl methyl sites for hydroxylation is 1. The summed E-state index contributed by atoms with van der Waals surface area (Å²) in [7, 11) is 0. The van der Waals surface area contributed by atoms with E-state index in [1.807, 2.05) is 24.3 Å². The second kappa shape index (κ2) is 8.11. The molecule has 2 heterocycles. The minimum absolute atomic E-state index is 0.177. The maximum atomic E-state index is 12.2. The second-order valence-corrected chi connectivity index (χ2v) is 6.60. The molecule has 7 heteroatoms. The van der Waals surface area contributed by atoms with E-state index in [2.05, 4.69) is 20.6 Å². The van der Waals surface area contributed by atoms with Gasteiger partial charge in [0.05, 0.1) is 11.0 Å². The van der Waals surface area contributed by atoms with Crippen molar-refractivity contribution < 1.29 is 14.7 Å². The van der Waals surface area contributed by atoms with Gasteiger partial charge in [0, 0.05) is 12.8 Å². The van der Waals surface area contributed by atoms with Gasteiger partial charge in [-0.1, -0.05) is 12.1 Å². The Kier molecular flexibility index (Phi) is 5.65. The number of hydrogen-bond donors (Lipinski definition) is 4. The third-order valence-corrected chi connectivity index (χ3v) is 4.67. The number of aromatic amines is 1. The summed E-state index contributed by atoms with van der Waals surface area (Å²) in [6, 6.07) is 6.79. The summed E-state index contributed by atoms with van der Waals surface area (Å²) in [5, 5.41) is 15.3. The molecule has 0 radical (unpaired) electrons. The van der Waals surface area contributed by atoms with Crippen LogP contribution in [-0.4, -0.2) is 46.1 Å². The molecule has 0 bridgehead atoms. The zero-order valence-electron chi connectivity index (χ0n) is 14.1. The van der Waals surface area contributed by atoms with E-state index in [4.69, 9.17) is 0 Å². The predicted octanol–water partition coefficient (Wildman–Crippen LogP) is 1.45. The number of para-hydroxylation sites is 2. The molecule has 1 aliphatic heterocycles. The highest BCUT2D eigenvalue weighted by atomic mass is 16.4. The first-order valence-corrected chi connectivity index (χ1v) is 8.78. The number of imidazole rings is 1. The number of amides is 1. The standard InChI is InChI=1S/C18H24N4O3/c23-17(11-12-7-9-19-10-8-12)22-15(18(24)25)5-6-16-20-13-3-1-2-4-14(13)21-16/h1-4,12,15,19H,5-11H2,(H,20,21)(H,22,23)(H,24,25). The largest absolute Gasteiger partial charge is 0.480 e. The van der Waals surface area contributed by atoms with Crippen LogP contribution in [0.1, 0.15) is 31.5 Å². The Bertz CT molecular complexity index is 704. The third-order valence-electron chi connectivity index (χ3n) is 4.67. The number of carboxylic acid groups (broad SMARTS) is 1. The van der Waals surface area contributed by atoms with E-state index in [-0.39, 0.29) is 5.91 Å². The van der Waals surface area contributed by atoms with Gasteiger partial charge < -0.3 is 20.7 Å². The Morgan fingerprint density at radius 1 is 1.28 bits per heavy atom. The number of fused-ring (bicyclic) bond motifs is 1. The van der Waals surface area contributed by atoms with Gasteiger partial charge in [-0.3, -0.25) is 4.79 Å². The molecular weight excluding hydrogens is 320 g/mol. The highest BCUT2D eigenvalue weighted by Gasteiger charge is 2.23. The number of nitrogens with zero attached hydrogens (tertiary/aromatic N) is 1. The topological polar surface area (TPSA) is 107 Å². The molecule has 1 fully saturated rings. The Balaban J connectivity index is 1.53. The van der Waals surface area contributed by atoms with Crippen LogP contribution >= 0.6 is 0 Å². The number of carbonyl (C=O) groups is 2. The van der Waals surface area contributed by atoms with Crippen LogP contribution in [0.15, 0.2) is 24.3 Å². The lowest BCUT2D eigenvalue weighted by molar-refractivity contribution is -0.142. The number of rotatable bonds is 7. The van der Waals surface area contributed by atoms with Gasteiger partial charge in [0.25, 0.3) is 0 Å². The number of carbonyl (C=O) groups excluding carboxylic acids is 1. The zero-order valence-corrected chi connectivity index (χ0v) is 14.1. The lowest BCUT2D eigenvalue weighted by atomic mass is 9.94. The maximum Gasteiger partial charge on any atom is 0.326 e. The van der Waals surface area contributed by atoms with Gasteiger partial charge in [-0.15, -0.1) is 0 Å². The minimum Gasteiger partial charge on any atom is -0.480 e. The number of H-pyrrole nitrogens is 1. The molecule has 1 atom stereocenters. The van der Waals surface area contributed by atoms with E-state index in [1.165, 1.54) is 0 Å². The summed E-state index contributed by atoms with van der Waals surface area (Å²) in [5.74, 6) is -0.107. The fourth-order valence-corrected chi connectivity index (χ4v) is 3.26. The number of aromatic nitrogens is 2. The summed E-state index contributed by atoms with van der Waals surface area (Å²) in [5.41, 5.74) is 1.79. The molecule has 2 aromatic rings. The van der Waals surface area contributed by atoms with Crippen molar-refractivity contribution in [2.45, 2.75) is 38.1 Å². The quantitative estimate of drug-likeness (QED) is 0.608. The molecule has 4 N–H and O–H groups in total. The summed E-state index contributed by atoms with van der Waals surface area (Å²) >= 11 is 0. The SMILES string of the molecule is O=C(CC1CCNCC1)NC(CCc1nc2ccccc2[nH]1)C(=O)O. The second-order valence-electron chi connectivity index (χ2n) is 6.60. The number of carboxylic acids is 1. The van der Waals surface area contributed by atoms with Crippen molar-refractivity contribution in [3.8, 4) is 0 Å². The molecule has 0 spiro atoms. The number of piperidine rings is 1. The molecule has 1 aliphatic rings. The van der Waals surface area contributed by atoms with Crippen LogP contribution in [0.2, 0.25) is 0 Å². The maximum absolute atomic E-state index is 12.2. The first kappa shape index (κ1) is 17.4. The predicted molar refractivity (Wildman–Crippen MR) is 94.2 cm³/mol. The van der Waals surface area contributed by atoms with E-state index in [0.717, 1.165) is 42.8 Å². The first-order valence-electron chi connectivity index (χ1n) is 8.78. The van der Waals surface area contributed by atoms with Gasteiger partial charge in [-0.2, -0.15) is 0 Å². The fraction of sp³-hybridized carbons (Fsp3) is 0.500. The van der Waals surface area contributed by atoms with E-state index in [9.17, 15) is 14.7 Å². The molecule has 1 aromatic heterocycles. The monoisotopic (exact) mass is 344 g/mol. The van der Waals surface area contributed by atoms with Crippen molar-refractivity contribution in [2.75, 3.05) is 13.1 Å². The van der Waals surface area contributed by atoms with Crippen LogP contribution in [-0.2, 0) is 16.0 Å². The molecule has 1 saturated heterocycles. The highest BCUT2D eigenvalue weighted by Crippen LogP contribution is 2.16. The van der Waals surface area contributed by atoms with E-state index in [1.54, 1.807) is 0 Å².